The molecular formula is C10H13NO5S. The third-order valence-electron chi connectivity index (χ3n) is 2.00. The van der Waals surface area contributed by atoms with Gasteiger partial charge in [-0.2, -0.15) is 8.42 Å². The number of nitrogens with zero attached hydrogens (tertiary/aromatic N) is 1. The van der Waals surface area contributed by atoms with Crippen LogP contribution in [0.1, 0.15) is 13.3 Å². The van der Waals surface area contributed by atoms with Gasteiger partial charge < -0.3 is 9.94 Å². The van der Waals surface area contributed by atoms with E-state index in [1.54, 1.807) is 6.08 Å². The van der Waals surface area contributed by atoms with E-state index in [4.69, 9.17) is 14.5 Å². The van der Waals surface area contributed by atoms with E-state index in [1.807, 2.05) is 6.92 Å². The summed E-state index contributed by atoms with van der Waals surface area (Å²) in [6.07, 6.45) is 7.79. The first kappa shape index (κ1) is 13.5. The Morgan fingerprint density at radius 3 is 2.76 bits per heavy atom. The molecule has 0 fully saturated rings. The zero-order valence-electron chi connectivity index (χ0n) is 9.15. The summed E-state index contributed by atoms with van der Waals surface area (Å²) in [5, 5.41) is 9.99. The van der Waals surface area contributed by atoms with Gasteiger partial charge in [-0.25, -0.2) is 0 Å². The van der Waals surface area contributed by atoms with Gasteiger partial charge in [0.2, 0.25) is 0 Å². The predicted octanol–water partition coefficient (Wildman–Crippen LogP) is 1.47. The molecule has 0 amide bonds. The van der Waals surface area contributed by atoms with Crippen LogP contribution in [0.2, 0.25) is 0 Å². The van der Waals surface area contributed by atoms with Crippen LogP contribution < -0.4 is 0 Å². The van der Waals surface area contributed by atoms with Crippen LogP contribution in [0.5, 0.6) is 0 Å². The van der Waals surface area contributed by atoms with Gasteiger partial charge in [0.05, 0.1) is 6.26 Å². The lowest BCUT2D eigenvalue weighted by molar-refractivity contribution is 0.318. The minimum Gasteiger partial charge on any atom is -0.466 e. The highest BCUT2D eigenvalue weighted by atomic mass is 32.2. The van der Waals surface area contributed by atoms with Crippen molar-refractivity contribution in [3.8, 4) is 0 Å². The maximum absolute atomic E-state index is 11.0. The maximum Gasteiger partial charge on any atom is 0.277 e. The van der Waals surface area contributed by atoms with Crippen LogP contribution in [0.25, 0.3) is 0 Å². The number of hydrogen-bond donors (Lipinski definition) is 2. The third kappa shape index (κ3) is 3.72. The first-order valence-corrected chi connectivity index (χ1v) is 6.39. The molecular weight excluding hydrogens is 246 g/mol. The molecule has 1 aliphatic carbocycles. The van der Waals surface area contributed by atoms with Gasteiger partial charge in [-0.1, -0.05) is 12.1 Å². The average molecular weight is 259 g/mol. The van der Waals surface area contributed by atoms with Crippen LogP contribution >= 0.6 is 0 Å². The van der Waals surface area contributed by atoms with Crippen LogP contribution in [0.15, 0.2) is 41.5 Å². The number of ether oxygens (including phenoxy) is 1. The summed E-state index contributed by atoms with van der Waals surface area (Å²) >= 11 is 0. The molecule has 0 spiro atoms. The first-order chi connectivity index (χ1) is 7.99. The molecule has 1 aliphatic rings. The monoisotopic (exact) mass is 259 g/mol. The number of hydrogen-bond acceptors (Lipinski definition) is 5. The Balaban J connectivity index is 2.94. The topological polar surface area (TPSA) is 96.2 Å². The van der Waals surface area contributed by atoms with Crippen LogP contribution in [-0.2, 0) is 14.9 Å². The summed E-state index contributed by atoms with van der Waals surface area (Å²) in [6.45, 7) is 1.92. The van der Waals surface area contributed by atoms with E-state index in [0.717, 1.165) is 12.5 Å². The lowest BCUT2D eigenvalue weighted by Crippen LogP contribution is -2.29. The molecule has 0 radical (unpaired) electrons. The quantitative estimate of drug-likeness (QED) is 0.345. The Morgan fingerprint density at radius 2 is 2.24 bits per heavy atom. The first-order valence-electron chi connectivity index (χ1n) is 4.89. The zero-order chi connectivity index (χ0) is 12.9. The van der Waals surface area contributed by atoms with Crippen LogP contribution in [0.4, 0.5) is 0 Å². The number of allylic oxidation sites excluding steroid dienone is 3. The summed E-state index contributed by atoms with van der Waals surface area (Å²) in [4.78, 5) is 0. The highest BCUT2D eigenvalue weighted by Gasteiger charge is 2.29. The van der Waals surface area contributed by atoms with E-state index < -0.39 is 15.4 Å². The zero-order valence-corrected chi connectivity index (χ0v) is 9.96. The molecule has 1 unspecified atom stereocenters. The Hall–Kier alpha value is -1.60. The molecule has 0 aromatic heterocycles. The van der Waals surface area contributed by atoms with E-state index in [0.29, 0.717) is 0 Å². The van der Waals surface area contributed by atoms with Crippen molar-refractivity contribution in [3.63, 3.8) is 0 Å². The molecule has 0 aliphatic heterocycles. The van der Waals surface area contributed by atoms with Crippen molar-refractivity contribution >= 4 is 15.8 Å². The van der Waals surface area contributed by atoms with Gasteiger partial charge in [-0.3, -0.25) is 4.55 Å². The third-order valence-corrected chi connectivity index (χ3v) is 3.02. The van der Waals surface area contributed by atoms with Gasteiger partial charge in [0.25, 0.3) is 10.1 Å². The summed E-state index contributed by atoms with van der Waals surface area (Å²) in [5.41, 5.74) is -0.167. The summed E-state index contributed by atoms with van der Waals surface area (Å²) < 4.78 is 36.2. The minimum atomic E-state index is -4.37. The number of rotatable bonds is 4. The summed E-state index contributed by atoms with van der Waals surface area (Å²) in [6, 6.07) is 0. The predicted molar refractivity (Wildman–Crippen MR) is 62.3 cm³/mol. The van der Waals surface area contributed by atoms with Crippen molar-refractivity contribution in [1.29, 1.82) is 0 Å². The molecule has 0 saturated heterocycles. The molecule has 1 atom stereocenters. The van der Waals surface area contributed by atoms with Gasteiger partial charge in [-0.05, 0) is 30.7 Å². The van der Waals surface area contributed by atoms with Gasteiger partial charge in [0.1, 0.15) is 11.5 Å². The van der Waals surface area contributed by atoms with Crippen LogP contribution in [-0.4, -0.2) is 29.1 Å². The molecule has 17 heavy (non-hydrogen) atoms. The molecule has 0 heterocycles. The van der Waals surface area contributed by atoms with Gasteiger partial charge in [0, 0.05) is 0 Å². The molecule has 0 aromatic carbocycles. The van der Waals surface area contributed by atoms with Gasteiger partial charge in [-0.15, -0.1) is 0 Å². The fourth-order valence-corrected chi connectivity index (χ4v) is 1.92. The lowest BCUT2D eigenvalue weighted by Gasteiger charge is -2.14. The average Bonchev–Trinajstić information content (AvgIpc) is 2.28. The van der Waals surface area contributed by atoms with Crippen LogP contribution in [0.3, 0.4) is 0 Å². The normalized spacial score (nSPS) is 23.1. The van der Waals surface area contributed by atoms with E-state index >= 15 is 0 Å². The SMILES string of the molecule is CCC=COC1=CC(S(=O)(=O)O)C(=NO)C=C1. The molecule has 7 heteroatoms. The van der Waals surface area contributed by atoms with Crippen molar-refractivity contribution in [1.82, 2.24) is 0 Å². The van der Waals surface area contributed by atoms with Crippen molar-refractivity contribution in [2.45, 2.75) is 18.6 Å². The van der Waals surface area contributed by atoms with E-state index in [2.05, 4.69) is 5.16 Å². The molecule has 0 saturated carbocycles. The largest absolute Gasteiger partial charge is 0.466 e. The highest BCUT2D eigenvalue weighted by molar-refractivity contribution is 7.87. The Bertz CT molecular complexity index is 487. The fraction of sp³-hybridized carbons (Fsp3) is 0.300. The van der Waals surface area contributed by atoms with Crippen LogP contribution in [0, 0.1) is 0 Å². The Kier molecular flexibility index (Phi) is 4.47. The summed E-state index contributed by atoms with van der Waals surface area (Å²) in [7, 11) is -4.37. The van der Waals surface area contributed by atoms with Crippen molar-refractivity contribution in [3.05, 3.63) is 36.3 Å². The van der Waals surface area contributed by atoms with Crippen molar-refractivity contribution in [2.24, 2.45) is 5.16 Å². The second-order valence-electron chi connectivity index (χ2n) is 3.26. The minimum absolute atomic E-state index is 0.167. The molecule has 0 bridgehead atoms. The summed E-state index contributed by atoms with van der Waals surface area (Å²) in [5.74, 6) is 0.254. The fourth-order valence-electron chi connectivity index (χ4n) is 1.18. The van der Waals surface area contributed by atoms with E-state index in [1.165, 1.54) is 18.4 Å². The molecule has 2 N–H and O–H groups in total. The van der Waals surface area contributed by atoms with Gasteiger partial charge >= 0.3 is 0 Å². The highest BCUT2D eigenvalue weighted by Crippen LogP contribution is 2.16. The second-order valence-corrected chi connectivity index (χ2v) is 4.80. The standard InChI is InChI=1S/C10H13NO5S/c1-2-3-6-16-8-4-5-9(11-12)10(7-8)17(13,14)15/h3-7,10,12H,2H2,1H3,(H,13,14,15). The number of oxime groups is 1. The molecule has 94 valence electrons. The Labute approximate surface area is 99.3 Å². The molecule has 1 rings (SSSR count). The van der Waals surface area contributed by atoms with E-state index in [-0.39, 0.29) is 11.5 Å². The maximum atomic E-state index is 11.0. The van der Waals surface area contributed by atoms with E-state index in [9.17, 15) is 8.42 Å². The smallest absolute Gasteiger partial charge is 0.277 e. The van der Waals surface area contributed by atoms with Crippen molar-refractivity contribution < 1.29 is 22.9 Å². The molecule has 0 aromatic rings. The lowest BCUT2D eigenvalue weighted by atomic mass is 10.1. The van der Waals surface area contributed by atoms with Crippen molar-refractivity contribution in [2.75, 3.05) is 0 Å². The molecule has 6 nitrogen and oxygen atoms in total. The second kappa shape index (κ2) is 5.65. The van der Waals surface area contributed by atoms with Gasteiger partial charge in [0.15, 0.2) is 5.25 Å². The Morgan fingerprint density at radius 1 is 1.53 bits per heavy atom.